The third kappa shape index (κ3) is 4.97. The van der Waals surface area contributed by atoms with Gasteiger partial charge in [-0.15, -0.1) is 0 Å². The number of rotatable bonds is 6. The number of anilines is 1. The fourth-order valence-electron chi connectivity index (χ4n) is 2.89. The molecule has 1 saturated heterocycles. The molecule has 0 bridgehead atoms. The predicted molar refractivity (Wildman–Crippen MR) is 89.7 cm³/mol. The minimum absolute atomic E-state index is 0.579. The molecule has 1 fully saturated rings. The lowest BCUT2D eigenvalue weighted by Gasteiger charge is -2.36. The van der Waals surface area contributed by atoms with Crippen LogP contribution in [0, 0.1) is 5.92 Å². The first-order chi connectivity index (χ1) is 10.1. The number of nitrogens with one attached hydrogen (secondary N) is 1. The molecular formula is C17H30N4. The van der Waals surface area contributed by atoms with E-state index in [9.17, 15) is 0 Å². The number of hydrogen-bond acceptors (Lipinski definition) is 4. The second kappa shape index (κ2) is 7.76. The Morgan fingerprint density at radius 1 is 1.43 bits per heavy atom. The summed E-state index contributed by atoms with van der Waals surface area (Å²) < 4.78 is 0. The Bertz CT molecular complexity index is 433. The van der Waals surface area contributed by atoms with Crippen molar-refractivity contribution in [3.8, 4) is 0 Å². The maximum atomic E-state index is 4.81. The van der Waals surface area contributed by atoms with E-state index >= 15 is 0 Å². The van der Waals surface area contributed by atoms with Crippen LogP contribution in [-0.4, -0.2) is 49.7 Å². The zero-order chi connectivity index (χ0) is 15.2. The highest BCUT2D eigenvalue weighted by Crippen LogP contribution is 2.19. The summed E-state index contributed by atoms with van der Waals surface area (Å²) in [4.78, 5) is 9.58. The maximum absolute atomic E-state index is 4.81. The first-order valence-corrected chi connectivity index (χ1v) is 8.14. The van der Waals surface area contributed by atoms with Gasteiger partial charge in [-0.3, -0.25) is 0 Å². The van der Waals surface area contributed by atoms with Gasteiger partial charge >= 0.3 is 0 Å². The van der Waals surface area contributed by atoms with Crippen molar-refractivity contribution in [3.05, 3.63) is 23.9 Å². The van der Waals surface area contributed by atoms with E-state index in [0.717, 1.165) is 31.1 Å². The van der Waals surface area contributed by atoms with Crippen LogP contribution in [0.1, 0.15) is 32.4 Å². The molecule has 0 radical (unpaired) electrons. The van der Waals surface area contributed by atoms with E-state index in [0.29, 0.717) is 12.0 Å². The molecule has 2 heterocycles. The van der Waals surface area contributed by atoms with Crippen LogP contribution in [0.25, 0.3) is 0 Å². The second-order valence-corrected chi connectivity index (χ2v) is 6.68. The Morgan fingerprint density at radius 3 is 2.95 bits per heavy atom. The number of likely N-dealkylation sites (N-methyl/N-ethyl adjacent to an activating group) is 2. The Morgan fingerprint density at radius 2 is 2.24 bits per heavy atom. The predicted octanol–water partition coefficient (Wildman–Crippen LogP) is 2.36. The van der Waals surface area contributed by atoms with Gasteiger partial charge in [0.1, 0.15) is 5.82 Å². The van der Waals surface area contributed by atoms with Crippen LogP contribution < -0.4 is 10.2 Å². The highest BCUT2D eigenvalue weighted by molar-refractivity contribution is 5.39. The minimum Gasteiger partial charge on any atom is -0.355 e. The zero-order valence-corrected chi connectivity index (χ0v) is 14.0. The number of pyridine rings is 1. The molecule has 0 amide bonds. The number of hydrogen-bond donors (Lipinski definition) is 1. The summed E-state index contributed by atoms with van der Waals surface area (Å²) in [6, 6.07) is 6.94. The molecular weight excluding hydrogens is 260 g/mol. The van der Waals surface area contributed by atoms with Crippen LogP contribution in [0.4, 0.5) is 5.82 Å². The summed E-state index contributed by atoms with van der Waals surface area (Å²) in [5, 5.41) is 3.46. The molecule has 1 N–H and O–H groups in total. The molecule has 0 saturated carbocycles. The summed E-state index contributed by atoms with van der Waals surface area (Å²) in [5.41, 5.74) is 1.13. The van der Waals surface area contributed by atoms with E-state index in [1.54, 1.807) is 0 Å². The lowest BCUT2D eigenvalue weighted by atomic mass is 10.1. The molecule has 2 rings (SSSR count). The number of likely N-dealkylation sites (tertiary alicyclic amines) is 1. The van der Waals surface area contributed by atoms with Crippen molar-refractivity contribution in [2.75, 3.05) is 38.6 Å². The summed E-state index contributed by atoms with van der Waals surface area (Å²) in [5.74, 6) is 1.77. The number of piperidine rings is 1. The number of nitrogens with zero attached hydrogens (tertiary/aromatic N) is 3. The average Bonchev–Trinajstić information content (AvgIpc) is 2.46. The van der Waals surface area contributed by atoms with E-state index in [2.05, 4.69) is 61.3 Å². The molecule has 1 aromatic rings. The first kappa shape index (κ1) is 16.2. The van der Waals surface area contributed by atoms with E-state index in [4.69, 9.17) is 4.98 Å². The topological polar surface area (TPSA) is 31.4 Å². The fourth-order valence-corrected chi connectivity index (χ4v) is 2.89. The van der Waals surface area contributed by atoms with Crippen molar-refractivity contribution >= 4 is 5.82 Å². The van der Waals surface area contributed by atoms with E-state index < -0.39 is 0 Å². The summed E-state index contributed by atoms with van der Waals surface area (Å²) in [7, 11) is 4.39. The highest BCUT2D eigenvalue weighted by atomic mass is 15.2. The smallest absolute Gasteiger partial charge is 0.128 e. The van der Waals surface area contributed by atoms with Gasteiger partial charge in [0.05, 0.1) is 5.69 Å². The van der Waals surface area contributed by atoms with Crippen LogP contribution in [0.2, 0.25) is 0 Å². The van der Waals surface area contributed by atoms with Crippen LogP contribution in [0.5, 0.6) is 0 Å². The SMILES string of the molecule is CC(C)CNCc1cccc(N(C)C2CCCN(C)C2)n1. The molecule has 0 spiro atoms. The largest absolute Gasteiger partial charge is 0.355 e. The Balaban J connectivity index is 1.95. The van der Waals surface area contributed by atoms with Crippen LogP contribution in [0.3, 0.4) is 0 Å². The van der Waals surface area contributed by atoms with E-state index in [-0.39, 0.29) is 0 Å². The molecule has 1 aromatic heterocycles. The average molecular weight is 290 g/mol. The van der Waals surface area contributed by atoms with Crippen molar-refractivity contribution in [1.82, 2.24) is 15.2 Å². The van der Waals surface area contributed by atoms with Gasteiger partial charge in [0.15, 0.2) is 0 Å². The Hall–Kier alpha value is -1.13. The van der Waals surface area contributed by atoms with Gasteiger partial charge in [-0.1, -0.05) is 19.9 Å². The first-order valence-electron chi connectivity index (χ1n) is 8.14. The van der Waals surface area contributed by atoms with Gasteiger partial charge in [-0.05, 0) is 51.0 Å². The van der Waals surface area contributed by atoms with Crippen molar-refractivity contribution in [1.29, 1.82) is 0 Å². The third-order valence-corrected chi connectivity index (χ3v) is 4.16. The fraction of sp³-hybridized carbons (Fsp3) is 0.706. The molecule has 4 nitrogen and oxygen atoms in total. The van der Waals surface area contributed by atoms with E-state index in [1.165, 1.54) is 19.4 Å². The molecule has 1 aliphatic heterocycles. The summed E-state index contributed by atoms with van der Waals surface area (Å²) in [6.45, 7) is 8.69. The molecule has 0 aliphatic carbocycles. The molecule has 0 aromatic carbocycles. The maximum Gasteiger partial charge on any atom is 0.128 e. The van der Waals surface area contributed by atoms with Gasteiger partial charge in [0, 0.05) is 26.2 Å². The lowest BCUT2D eigenvalue weighted by Crippen LogP contribution is -2.45. The highest BCUT2D eigenvalue weighted by Gasteiger charge is 2.21. The molecule has 1 aliphatic rings. The summed E-state index contributed by atoms with van der Waals surface area (Å²) in [6.07, 6.45) is 2.54. The molecule has 118 valence electrons. The second-order valence-electron chi connectivity index (χ2n) is 6.68. The standard InChI is InChI=1S/C17H30N4/c1-14(2)11-18-12-15-7-5-9-17(19-15)21(4)16-8-6-10-20(3)13-16/h5,7,9,14,16,18H,6,8,10-13H2,1-4H3. The molecule has 1 unspecified atom stereocenters. The normalized spacial score (nSPS) is 20.0. The minimum atomic E-state index is 0.579. The van der Waals surface area contributed by atoms with E-state index in [1.807, 2.05) is 0 Å². The van der Waals surface area contributed by atoms with Gasteiger partial charge in [-0.2, -0.15) is 0 Å². The van der Waals surface area contributed by atoms with Crippen LogP contribution in [-0.2, 0) is 6.54 Å². The van der Waals surface area contributed by atoms with Gasteiger partial charge in [-0.25, -0.2) is 4.98 Å². The third-order valence-electron chi connectivity index (χ3n) is 4.16. The summed E-state index contributed by atoms with van der Waals surface area (Å²) >= 11 is 0. The monoisotopic (exact) mass is 290 g/mol. The van der Waals surface area contributed by atoms with Crippen LogP contribution in [0.15, 0.2) is 18.2 Å². The lowest BCUT2D eigenvalue weighted by molar-refractivity contribution is 0.247. The van der Waals surface area contributed by atoms with Crippen LogP contribution >= 0.6 is 0 Å². The Labute approximate surface area is 129 Å². The quantitative estimate of drug-likeness (QED) is 0.871. The zero-order valence-electron chi connectivity index (χ0n) is 14.0. The van der Waals surface area contributed by atoms with Crippen molar-refractivity contribution < 1.29 is 0 Å². The van der Waals surface area contributed by atoms with Crippen molar-refractivity contribution in [3.63, 3.8) is 0 Å². The number of aromatic nitrogens is 1. The van der Waals surface area contributed by atoms with Gasteiger partial charge < -0.3 is 15.1 Å². The van der Waals surface area contributed by atoms with Crippen molar-refractivity contribution in [2.24, 2.45) is 5.92 Å². The molecule has 4 heteroatoms. The molecule has 1 atom stereocenters. The van der Waals surface area contributed by atoms with Gasteiger partial charge in [0.25, 0.3) is 0 Å². The molecule has 21 heavy (non-hydrogen) atoms. The van der Waals surface area contributed by atoms with Crippen molar-refractivity contribution in [2.45, 2.75) is 39.3 Å². The Kier molecular flexibility index (Phi) is 6.00. The van der Waals surface area contributed by atoms with Gasteiger partial charge in [0.2, 0.25) is 0 Å².